The number of anilines is 1. The van der Waals surface area contributed by atoms with E-state index in [1.165, 1.54) is 11.8 Å². The largest absolute Gasteiger partial charge is 0.497 e. The van der Waals surface area contributed by atoms with E-state index in [1.807, 2.05) is 24.3 Å². The summed E-state index contributed by atoms with van der Waals surface area (Å²) in [5, 5.41) is 2.78. The third-order valence-corrected chi connectivity index (χ3v) is 4.10. The maximum absolute atomic E-state index is 12.0. The van der Waals surface area contributed by atoms with Gasteiger partial charge >= 0.3 is 5.97 Å². The van der Waals surface area contributed by atoms with Gasteiger partial charge in [-0.1, -0.05) is 6.07 Å². The van der Waals surface area contributed by atoms with E-state index < -0.39 is 5.97 Å². The number of thioether (sulfide) groups is 1. The Balaban J connectivity index is 1.89. The highest BCUT2D eigenvalue weighted by atomic mass is 32.2. The smallest absolute Gasteiger partial charge is 0.338 e. The van der Waals surface area contributed by atoms with Gasteiger partial charge in [-0.15, -0.1) is 11.8 Å². The van der Waals surface area contributed by atoms with Crippen molar-refractivity contribution in [2.75, 3.05) is 24.8 Å². The third kappa shape index (κ3) is 5.31. The molecule has 2 rings (SSSR count). The van der Waals surface area contributed by atoms with Gasteiger partial charge in [-0.2, -0.15) is 0 Å². The monoisotopic (exact) mass is 345 g/mol. The molecule has 0 unspecified atom stereocenters. The van der Waals surface area contributed by atoms with E-state index in [2.05, 4.69) is 5.32 Å². The third-order valence-electron chi connectivity index (χ3n) is 3.09. The van der Waals surface area contributed by atoms with Gasteiger partial charge < -0.3 is 14.8 Å². The molecule has 0 radical (unpaired) electrons. The van der Waals surface area contributed by atoms with Gasteiger partial charge in [-0.3, -0.25) is 4.79 Å². The summed E-state index contributed by atoms with van der Waals surface area (Å²) >= 11 is 1.43. The molecule has 0 spiro atoms. The molecule has 0 fully saturated rings. The highest BCUT2D eigenvalue weighted by Crippen LogP contribution is 2.21. The Kier molecular flexibility index (Phi) is 6.69. The summed E-state index contributed by atoms with van der Waals surface area (Å²) in [6.07, 6.45) is 0. The second-order valence-electron chi connectivity index (χ2n) is 4.81. The van der Waals surface area contributed by atoms with Crippen molar-refractivity contribution in [2.24, 2.45) is 0 Å². The number of ether oxygens (including phenoxy) is 2. The van der Waals surface area contributed by atoms with Gasteiger partial charge in [0.15, 0.2) is 0 Å². The molecule has 0 saturated heterocycles. The average molecular weight is 345 g/mol. The summed E-state index contributed by atoms with van der Waals surface area (Å²) in [6.45, 7) is 2.06. The lowest BCUT2D eigenvalue weighted by Crippen LogP contribution is -2.14. The molecule has 0 bridgehead atoms. The summed E-state index contributed by atoms with van der Waals surface area (Å²) in [5.41, 5.74) is 0.985. The lowest BCUT2D eigenvalue weighted by molar-refractivity contribution is -0.113. The average Bonchev–Trinajstić information content (AvgIpc) is 2.61. The molecule has 2 aromatic carbocycles. The molecule has 126 valence electrons. The Labute approximate surface area is 145 Å². The van der Waals surface area contributed by atoms with Crippen LogP contribution in [-0.2, 0) is 9.53 Å². The van der Waals surface area contributed by atoms with Gasteiger partial charge in [0.05, 0.1) is 25.0 Å². The zero-order valence-electron chi connectivity index (χ0n) is 13.6. The second-order valence-corrected chi connectivity index (χ2v) is 5.86. The molecule has 0 aliphatic rings. The molecular formula is C18H19NO4S. The van der Waals surface area contributed by atoms with Crippen molar-refractivity contribution in [2.45, 2.75) is 11.8 Å². The van der Waals surface area contributed by atoms with Crippen molar-refractivity contribution >= 4 is 29.3 Å². The Morgan fingerprint density at radius 3 is 2.54 bits per heavy atom. The zero-order chi connectivity index (χ0) is 17.4. The van der Waals surface area contributed by atoms with Crippen LogP contribution < -0.4 is 10.1 Å². The number of rotatable bonds is 7. The molecule has 0 atom stereocenters. The van der Waals surface area contributed by atoms with Crippen LogP contribution in [0.2, 0.25) is 0 Å². The van der Waals surface area contributed by atoms with E-state index in [9.17, 15) is 9.59 Å². The van der Waals surface area contributed by atoms with Crippen LogP contribution in [0.1, 0.15) is 17.3 Å². The number of esters is 1. The first-order valence-corrected chi connectivity index (χ1v) is 8.45. The Morgan fingerprint density at radius 2 is 1.88 bits per heavy atom. The first-order chi connectivity index (χ1) is 11.6. The minimum atomic E-state index is -0.402. The molecule has 5 nitrogen and oxygen atoms in total. The number of nitrogens with one attached hydrogen (secondary N) is 1. The van der Waals surface area contributed by atoms with Crippen LogP contribution in [0.3, 0.4) is 0 Å². The van der Waals surface area contributed by atoms with Crippen molar-refractivity contribution in [3.63, 3.8) is 0 Å². The van der Waals surface area contributed by atoms with Crippen LogP contribution in [0.4, 0.5) is 5.69 Å². The molecular weight excluding hydrogens is 326 g/mol. The number of hydrogen-bond acceptors (Lipinski definition) is 5. The Bertz CT molecular complexity index is 700. The second kappa shape index (κ2) is 8.98. The van der Waals surface area contributed by atoms with E-state index >= 15 is 0 Å². The fourth-order valence-electron chi connectivity index (χ4n) is 1.96. The van der Waals surface area contributed by atoms with Gasteiger partial charge in [0.1, 0.15) is 5.75 Å². The maximum atomic E-state index is 12.0. The minimum absolute atomic E-state index is 0.142. The van der Waals surface area contributed by atoms with Crippen molar-refractivity contribution in [1.82, 2.24) is 0 Å². The minimum Gasteiger partial charge on any atom is -0.497 e. The molecule has 0 aromatic heterocycles. The number of benzene rings is 2. The zero-order valence-corrected chi connectivity index (χ0v) is 14.4. The fraction of sp³-hybridized carbons (Fsp3) is 0.222. The standard InChI is InChI=1S/C18H19NO4S/c1-3-23-18(21)13-5-4-6-14(11-13)19-17(20)12-24-16-9-7-15(22-2)8-10-16/h4-11H,3,12H2,1-2H3,(H,19,20). The Morgan fingerprint density at radius 1 is 1.12 bits per heavy atom. The molecule has 24 heavy (non-hydrogen) atoms. The molecule has 2 aromatic rings. The molecule has 1 N–H and O–H groups in total. The van der Waals surface area contributed by atoms with Gasteiger partial charge in [0, 0.05) is 10.6 Å². The molecule has 0 heterocycles. The summed E-state index contributed by atoms with van der Waals surface area (Å²) in [6, 6.07) is 14.2. The quantitative estimate of drug-likeness (QED) is 0.613. The molecule has 0 saturated carbocycles. The van der Waals surface area contributed by atoms with Crippen LogP contribution in [-0.4, -0.2) is 31.3 Å². The summed E-state index contributed by atoms with van der Waals surface area (Å²) < 4.78 is 10.0. The van der Waals surface area contributed by atoms with Crippen molar-refractivity contribution in [3.05, 3.63) is 54.1 Å². The van der Waals surface area contributed by atoms with Gasteiger partial charge in [0.25, 0.3) is 0 Å². The van der Waals surface area contributed by atoms with E-state index in [4.69, 9.17) is 9.47 Å². The highest BCUT2D eigenvalue weighted by molar-refractivity contribution is 8.00. The van der Waals surface area contributed by atoms with Gasteiger partial charge in [-0.25, -0.2) is 4.79 Å². The van der Waals surface area contributed by atoms with Crippen LogP contribution in [0.25, 0.3) is 0 Å². The predicted molar refractivity (Wildman–Crippen MR) is 94.7 cm³/mol. The highest BCUT2D eigenvalue weighted by Gasteiger charge is 2.09. The SMILES string of the molecule is CCOC(=O)c1cccc(NC(=O)CSc2ccc(OC)cc2)c1. The summed E-state index contributed by atoms with van der Waals surface area (Å²) in [5.74, 6) is 0.508. The first-order valence-electron chi connectivity index (χ1n) is 7.46. The van der Waals surface area contributed by atoms with Crippen molar-refractivity contribution in [1.29, 1.82) is 0 Å². The van der Waals surface area contributed by atoms with Crippen LogP contribution in [0.5, 0.6) is 5.75 Å². The number of amides is 1. The number of carbonyl (C=O) groups excluding carboxylic acids is 2. The van der Waals surface area contributed by atoms with Crippen LogP contribution in [0.15, 0.2) is 53.4 Å². The number of hydrogen-bond donors (Lipinski definition) is 1. The van der Waals surface area contributed by atoms with Crippen LogP contribution >= 0.6 is 11.8 Å². The summed E-state index contributed by atoms with van der Waals surface area (Å²) in [7, 11) is 1.61. The van der Waals surface area contributed by atoms with E-state index in [0.29, 0.717) is 17.9 Å². The van der Waals surface area contributed by atoms with E-state index in [-0.39, 0.29) is 11.7 Å². The number of methoxy groups -OCH3 is 1. The number of carbonyl (C=O) groups is 2. The molecule has 0 aliphatic heterocycles. The predicted octanol–water partition coefficient (Wildman–Crippen LogP) is 3.60. The van der Waals surface area contributed by atoms with Gasteiger partial charge in [0.2, 0.25) is 5.91 Å². The van der Waals surface area contributed by atoms with E-state index in [0.717, 1.165) is 10.6 Å². The lowest BCUT2D eigenvalue weighted by Gasteiger charge is -2.07. The van der Waals surface area contributed by atoms with Crippen molar-refractivity contribution in [3.8, 4) is 5.75 Å². The maximum Gasteiger partial charge on any atom is 0.338 e. The molecule has 1 amide bonds. The van der Waals surface area contributed by atoms with Crippen LogP contribution in [0, 0.1) is 0 Å². The van der Waals surface area contributed by atoms with E-state index in [1.54, 1.807) is 38.3 Å². The fourth-order valence-corrected chi connectivity index (χ4v) is 2.65. The first kappa shape index (κ1) is 17.9. The molecule has 0 aliphatic carbocycles. The summed E-state index contributed by atoms with van der Waals surface area (Å²) in [4.78, 5) is 24.7. The molecule has 6 heteroatoms. The lowest BCUT2D eigenvalue weighted by atomic mass is 10.2. The topological polar surface area (TPSA) is 64.6 Å². The van der Waals surface area contributed by atoms with Gasteiger partial charge in [-0.05, 0) is 49.4 Å². The Hall–Kier alpha value is -2.47. The van der Waals surface area contributed by atoms with Crippen molar-refractivity contribution < 1.29 is 19.1 Å². The normalized spacial score (nSPS) is 10.1.